The number of nitro groups is 1. The zero-order valence-corrected chi connectivity index (χ0v) is 10.6. The maximum Gasteiger partial charge on any atom is 0.270 e. The van der Waals surface area contributed by atoms with Gasteiger partial charge in [-0.05, 0) is 6.92 Å². The number of aromatic nitrogens is 3. The maximum absolute atomic E-state index is 10.8. The highest BCUT2D eigenvalue weighted by Gasteiger charge is 2.12. The number of fused-ring (bicyclic) bond motifs is 1. The molecule has 0 N–H and O–H groups in total. The van der Waals surface area contributed by atoms with E-state index in [-0.39, 0.29) is 10.6 Å². The minimum atomic E-state index is -0.387. The van der Waals surface area contributed by atoms with Crippen LogP contribution in [0.5, 0.6) is 0 Å². The van der Waals surface area contributed by atoms with Crippen molar-refractivity contribution in [3.05, 3.63) is 52.5 Å². The molecule has 0 aliphatic rings. The van der Waals surface area contributed by atoms with Crippen molar-refractivity contribution in [3.8, 4) is 11.3 Å². The second-order valence-electron chi connectivity index (χ2n) is 4.47. The topological polar surface area (TPSA) is 65.4 Å². The molecule has 0 saturated heterocycles. The van der Waals surface area contributed by atoms with Crippen LogP contribution in [-0.2, 0) is 7.05 Å². The Morgan fingerprint density at radius 1 is 1.32 bits per heavy atom. The van der Waals surface area contributed by atoms with E-state index in [1.807, 2.05) is 41.4 Å². The molecule has 0 aliphatic carbocycles. The fourth-order valence-corrected chi connectivity index (χ4v) is 2.22. The first kappa shape index (κ1) is 11.5. The number of rotatable bonds is 2. The molecule has 3 rings (SSSR count). The number of non-ortho nitro benzene ring substituents is 1. The summed E-state index contributed by atoms with van der Waals surface area (Å²) >= 11 is 0. The summed E-state index contributed by atoms with van der Waals surface area (Å²) in [4.78, 5) is 14.8. The standard InChI is InChI=1S/C13H12N4O2/c1-9-7-16-8-12(15(2)13(16)14-9)10-4-3-5-11(6-10)17(18)19/h3-8H,1-2H3. The molecule has 0 unspecified atom stereocenters. The van der Waals surface area contributed by atoms with E-state index in [9.17, 15) is 10.1 Å². The van der Waals surface area contributed by atoms with Gasteiger partial charge in [0, 0.05) is 37.1 Å². The van der Waals surface area contributed by atoms with Gasteiger partial charge in [-0.2, -0.15) is 0 Å². The Hall–Kier alpha value is -2.63. The third-order valence-corrected chi connectivity index (χ3v) is 3.11. The van der Waals surface area contributed by atoms with Crippen LogP contribution in [0.2, 0.25) is 0 Å². The molecule has 6 heteroatoms. The van der Waals surface area contributed by atoms with Gasteiger partial charge in [-0.3, -0.25) is 14.5 Å². The summed E-state index contributed by atoms with van der Waals surface area (Å²) in [6.45, 7) is 1.93. The van der Waals surface area contributed by atoms with Crippen molar-refractivity contribution in [2.45, 2.75) is 6.92 Å². The molecule has 0 atom stereocenters. The van der Waals surface area contributed by atoms with E-state index in [4.69, 9.17) is 0 Å². The number of aryl methyl sites for hydroxylation is 2. The third kappa shape index (κ3) is 1.77. The predicted octanol–water partition coefficient (Wildman–Crippen LogP) is 2.56. The quantitative estimate of drug-likeness (QED) is 0.522. The van der Waals surface area contributed by atoms with Crippen LogP contribution in [0.3, 0.4) is 0 Å². The van der Waals surface area contributed by atoms with Crippen molar-refractivity contribution in [3.63, 3.8) is 0 Å². The number of nitrogens with zero attached hydrogens (tertiary/aromatic N) is 4. The Balaban J connectivity index is 2.18. The number of imidazole rings is 2. The Kier molecular flexibility index (Phi) is 2.38. The van der Waals surface area contributed by atoms with Crippen LogP contribution >= 0.6 is 0 Å². The SMILES string of the molecule is Cc1cn2cc(-c3cccc([N+](=O)[O-])c3)n(C)c2n1. The molecular weight excluding hydrogens is 244 g/mol. The van der Waals surface area contributed by atoms with Gasteiger partial charge in [-0.1, -0.05) is 12.1 Å². The smallest absolute Gasteiger partial charge is 0.270 e. The highest BCUT2D eigenvalue weighted by molar-refractivity contribution is 5.65. The van der Waals surface area contributed by atoms with E-state index in [2.05, 4.69) is 4.98 Å². The first-order chi connectivity index (χ1) is 9.06. The van der Waals surface area contributed by atoms with Crippen LogP contribution in [0.4, 0.5) is 5.69 Å². The zero-order chi connectivity index (χ0) is 13.6. The molecule has 0 amide bonds. The number of hydrogen-bond donors (Lipinski definition) is 0. The average Bonchev–Trinajstić information content (AvgIpc) is 2.88. The van der Waals surface area contributed by atoms with Crippen LogP contribution in [0, 0.1) is 17.0 Å². The summed E-state index contributed by atoms with van der Waals surface area (Å²) in [5.41, 5.74) is 2.73. The molecule has 0 aliphatic heterocycles. The van der Waals surface area contributed by atoms with Crippen LogP contribution in [0.1, 0.15) is 5.69 Å². The fourth-order valence-electron chi connectivity index (χ4n) is 2.22. The van der Waals surface area contributed by atoms with Crippen molar-refractivity contribution in [2.24, 2.45) is 7.05 Å². The summed E-state index contributed by atoms with van der Waals surface area (Å²) < 4.78 is 3.84. The molecule has 0 spiro atoms. The summed E-state index contributed by atoms with van der Waals surface area (Å²) in [5, 5.41) is 10.8. The van der Waals surface area contributed by atoms with Gasteiger partial charge >= 0.3 is 0 Å². The van der Waals surface area contributed by atoms with Gasteiger partial charge in [-0.25, -0.2) is 4.98 Å². The first-order valence-electron chi connectivity index (χ1n) is 5.82. The molecular formula is C13H12N4O2. The van der Waals surface area contributed by atoms with Crippen LogP contribution in [0.15, 0.2) is 36.7 Å². The van der Waals surface area contributed by atoms with E-state index in [1.54, 1.807) is 12.1 Å². The van der Waals surface area contributed by atoms with Gasteiger partial charge in [0.1, 0.15) is 0 Å². The molecule has 3 aromatic rings. The van der Waals surface area contributed by atoms with E-state index in [0.717, 1.165) is 22.7 Å². The van der Waals surface area contributed by atoms with Crippen LogP contribution < -0.4 is 0 Å². The van der Waals surface area contributed by atoms with Gasteiger partial charge in [0.25, 0.3) is 5.69 Å². The lowest BCUT2D eigenvalue weighted by Gasteiger charge is -2.02. The normalized spacial score (nSPS) is 11.1. The van der Waals surface area contributed by atoms with Crippen molar-refractivity contribution in [2.75, 3.05) is 0 Å². The Bertz CT molecular complexity index is 785. The molecule has 0 fully saturated rings. The number of hydrogen-bond acceptors (Lipinski definition) is 3. The lowest BCUT2D eigenvalue weighted by atomic mass is 10.1. The van der Waals surface area contributed by atoms with E-state index >= 15 is 0 Å². The van der Waals surface area contributed by atoms with Crippen LogP contribution in [0.25, 0.3) is 17.0 Å². The Morgan fingerprint density at radius 3 is 2.79 bits per heavy atom. The minimum absolute atomic E-state index is 0.0903. The predicted molar refractivity (Wildman–Crippen MR) is 71.0 cm³/mol. The Morgan fingerprint density at radius 2 is 2.11 bits per heavy atom. The summed E-state index contributed by atoms with van der Waals surface area (Å²) in [6, 6.07) is 6.60. The lowest BCUT2D eigenvalue weighted by molar-refractivity contribution is -0.384. The summed E-state index contributed by atoms with van der Waals surface area (Å²) in [5.74, 6) is 0.819. The van der Waals surface area contributed by atoms with Crippen molar-refractivity contribution >= 4 is 11.5 Å². The first-order valence-corrected chi connectivity index (χ1v) is 5.82. The minimum Gasteiger partial charge on any atom is -0.313 e. The number of nitro benzene ring substituents is 1. The molecule has 0 saturated carbocycles. The van der Waals surface area contributed by atoms with Gasteiger partial charge in [0.05, 0.1) is 16.3 Å². The summed E-state index contributed by atoms with van der Waals surface area (Å²) in [6.07, 6.45) is 3.85. The maximum atomic E-state index is 10.8. The monoisotopic (exact) mass is 256 g/mol. The van der Waals surface area contributed by atoms with E-state index < -0.39 is 0 Å². The second-order valence-corrected chi connectivity index (χ2v) is 4.47. The summed E-state index contributed by atoms with van der Waals surface area (Å²) in [7, 11) is 1.90. The van der Waals surface area contributed by atoms with Gasteiger partial charge < -0.3 is 4.57 Å². The fraction of sp³-hybridized carbons (Fsp3) is 0.154. The lowest BCUT2D eigenvalue weighted by Crippen LogP contribution is -1.94. The van der Waals surface area contributed by atoms with Gasteiger partial charge in [-0.15, -0.1) is 0 Å². The van der Waals surface area contributed by atoms with E-state index in [0.29, 0.717) is 0 Å². The molecule has 0 bridgehead atoms. The highest BCUT2D eigenvalue weighted by atomic mass is 16.6. The Labute approximate surface area is 109 Å². The molecule has 0 radical (unpaired) electrons. The average molecular weight is 256 g/mol. The molecule has 1 aromatic carbocycles. The van der Waals surface area contributed by atoms with Gasteiger partial charge in [0.2, 0.25) is 5.78 Å². The molecule has 6 nitrogen and oxygen atoms in total. The molecule has 2 heterocycles. The zero-order valence-electron chi connectivity index (χ0n) is 10.6. The van der Waals surface area contributed by atoms with Crippen molar-refractivity contribution in [1.29, 1.82) is 0 Å². The molecule has 19 heavy (non-hydrogen) atoms. The highest BCUT2D eigenvalue weighted by Crippen LogP contribution is 2.25. The number of benzene rings is 1. The van der Waals surface area contributed by atoms with Gasteiger partial charge in [0.15, 0.2) is 0 Å². The molecule has 2 aromatic heterocycles. The van der Waals surface area contributed by atoms with Crippen molar-refractivity contribution < 1.29 is 4.92 Å². The van der Waals surface area contributed by atoms with Crippen molar-refractivity contribution in [1.82, 2.24) is 14.0 Å². The van der Waals surface area contributed by atoms with E-state index in [1.165, 1.54) is 6.07 Å². The third-order valence-electron chi connectivity index (χ3n) is 3.11. The second kappa shape index (κ2) is 3.94. The van der Waals surface area contributed by atoms with Crippen LogP contribution in [-0.4, -0.2) is 18.9 Å². The molecule has 96 valence electrons. The largest absolute Gasteiger partial charge is 0.313 e.